The first kappa shape index (κ1) is 20.4. The van der Waals surface area contributed by atoms with Gasteiger partial charge in [-0.2, -0.15) is 0 Å². The number of benzene rings is 3. The Morgan fingerprint density at radius 2 is 1.71 bits per heavy atom. The van der Waals surface area contributed by atoms with Gasteiger partial charge in [0.2, 0.25) is 0 Å². The van der Waals surface area contributed by atoms with E-state index in [-0.39, 0.29) is 17.4 Å². The van der Waals surface area contributed by atoms with Crippen molar-refractivity contribution in [2.24, 2.45) is 0 Å². The van der Waals surface area contributed by atoms with E-state index in [0.29, 0.717) is 26.9 Å². The molecule has 1 N–H and O–H groups in total. The minimum atomic E-state index is -0.402. The number of carbonyl (C=O) groups excluding carboxylic acids is 2. The van der Waals surface area contributed by atoms with Crippen molar-refractivity contribution in [1.82, 2.24) is 0 Å². The molecular formula is C21H14Cl2FNO2S. The lowest BCUT2D eigenvalue weighted by atomic mass is 10.1. The van der Waals surface area contributed by atoms with E-state index < -0.39 is 5.82 Å². The molecule has 0 aromatic heterocycles. The maximum Gasteiger partial charge on any atom is 0.255 e. The van der Waals surface area contributed by atoms with E-state index in [1.807, 2.05) is 6.07 Å². The predicted molar refractivity (Wildman–Crippen MR) is 112 cm³/mol. The number of amides is 1. The van der Waals surface area contributed by atoms with Crippen LogP contribution in [0.25, 0.3) is 0 Å². The van der Waals surface area contributed by atoms with Gasteiger partial charge in [0.25, 0.3) is 5.91 Å². The predicted octanol–water partition coefficient (Wildman–Crippen LogP) is 6.36. The van der Waals surface area contributed by atoms with Crippen LogP contribution < -0.4 is 5.32 Å². The van der Waals surface area contributed by atoms with Gasteiger partial charge in [0.1, 0.15) is 5.82 Å². The minimum Gasteiger partial charge on any atom is -0.322 e. The van der Waals surface area contributed by atoms with Crippen molar-refractivity contribution in [1.29, 1.82) is 0 Å². The van der Waals surface area contributed by atoms with E-state index in [9.17, 15) is 14.0 Å². The van der Waals surface area contributed by atoms with Crippen molar-refractivity contribution in [3.63, 3.8) is 0 Å². The Hall–Kier alpha value is -2.34. The van der Waals surface area contributed by atoms with Crippen LogP contribution >= 0.6 is 35.0 Å². The minimum absolute atomic E-state index is 0.118. The van der Waals surface area contributed by atoms with Crippen molar-refractivity contribution < 1.29 is 14.0 Å². The van der Waals surface area contributed by atoms with E-state index in [1.165, 1.54) is 42.1 Å². The Morgan fingerprint density at radius 3 is 2.43 bits per heavy atom. The highest BCUT2D eigenvalue weighted by atomic mass is 35.5. The molecular weight excluding hydrogens is 420 g/mol. The third-order valence-electron chi connectivity index (χ3n) is 3.80. The summed E-state index contributed by atoms with van der Waals surface area (Å²) in [7, 11) is 0. The zero-order chi connectivity index (χ0) is 20.1. The molecule has 0 radical (unpaired) electrons. The molecule has 0 spiro atoms. The Labute approximate surface area is 175 Å². The average Bonchev–Trinajstić information content (AvgIpc) is 2.67. The number of Topliss-reactive ketones (excluding diaryl/α,β-unsaturated/α-hetero) is 1. The molecule has 3 aromatic rings. The molecule has 142 valence electrons. The van der Waals surface area contributed by atoms with Crippen LogP contribution in [-0.4, -0.2) is 17.4 Å². The smallest absolute Gasteiger partial charge is 0.255 e. The lowest BCUT2D eigenvalue weighted by Gasteiger charge is -2.08. The monoisotopic (exact) mass is 433 g/mol. The lowest BCUT2D eigenvalue weighted by Crippen LogP contribution is -2.11. The van der Waals surface area contributed by atoms with Crippen LogP contribution in [-0.2, 0) is 0 Å². The van der Waals surface area contributed by atoms with Crippen LogP contribution in [0.2, 0.25) is 10.0 Å². The molecule has 0 unspecified atom stereocenters. The molecule has 0 saturated carbocycles. The Morgan fingerprint density at radius 1 is 0.964 bits per heavy atom. The number of anilines is 1. The third-order valence-corrected chi connectivity index (χ3v) is 5.34. The van der Waals surface area contributed by atoms with E-state index in [2.05, 4.69) is 5.32 Å². The fourth-order valence-electron chi connectivity index (χ4n) is 2.41. The van der Waals surface area contributed by atoms with Crippen molar-refractivity contribution in [2.75, 3.05) is 11.1 Å². The summed E-state index contributed by atoms with van der Waals surface area (Å²) < 4.78 is 13.0. The molecule has 7 heteroatoms. The van der Waals surface area contributed by atoms with Gasteiger partial charge >= 0.3 is 0 Å². The highest BCUT2D eigenvalue weighted by Crippen LogP contribution is 2.26. The highest BCUT2D eigenvalue weighted by Gasteiger charge is 2.12. The first-order chi connectivity index (χ1) is 13.4. The van der Waals surface area contributed by atoms with Crippen LogP contribution in [0.15, 0.2) is 71.6 Å². The van der Waals surface area contributed by atoms with E-state index >= 15 is 0 Å². The summed E-state index contributed by atoms with van der Waals surface area (Å²) in [6.07, 6.45) is 0. The molecule has 0 aliphatic heterocycles. The Bertz CT molecular complexity index is 1030. The number of thioether (sulfide) groups is 1. The van der Waals surface area contributed by atoms with Gasteiger partial charge in [-0.25, -0.2) is 4.39 Å². The molecule has 3 nitrogen and oxygen atoms in total. The second kappa shape index (κ2) is 9.24. The second-order valence-electron chi connectivity index (χ2n) is 5.82. The molecule has 3 rings (SSSR count). The number of ketones is 1. The van der Waals surface area contributed by atoms with Gasteiger partial charge in [0.15, 0.2) is 5.78 Å². The number of hydrogen-bond acceptors (Lipinski definition) is 3. The van der Waals surface area contributed by atoms with Gasteiger partial charge in [0.05, 0.1) is 10.8 Å². The van der Waals surface area contributed by atoms with Gasteiger partial charge in [0, 0.05) is 26.7 Å². The molecule has 3 aromatic carbocycles. The molecule has 0 bridgehead atoms. The summed E-state index contributed by atoms with van der Waals surface area (Å²) in [5, 5.41) is 3.55. The van der Waals surface area contributed by atoms with Crippen LogP contribution in [0, 0.1) is 5.82 Å². The van der Waals surface area contributed by atoms with Gasteiger partial charge in [-0.15, -0.1) is 11.8 Å². The van der Waals surface area contributed by atoms with Crippen LogP contribution in [0.3, 0.4) is 0 Å². The maximum absolute atomic E-state index is 13.0. The average molecular weight is 434 g/mol. The van der Waals surface area contributed by atoms with Crippen molar-refractivity contribution in [3.05, 3.63) is 93.7 Å². The van der Waals surface area contributed by atoms with Gasteiger partial charge < -0.3 is 5.32 Å². The number of rotatable bonds is 6. The SMILES string of the molecule is O=C(Nc1cccc(SCC(=O)c2ccc(Cl)cc2Cl)c1)c1ccc(F)cc1. The largest absolute Gasteiger partial charge is 0.322 e. The summed E-state index contributed by atoms with van der Waals surface area (Å²) in [4.78, 5) is 25.4. The molecule has 0 atom stereocenters. The topological polar surface area (TPSA) is 46.2 Å². The van der Waals surface area contributed by atoms with Gasteiger partial charge in [-0.3, -0.25) is 9.59 Å². The maximum atomic E-state index is 13.0. The van der Waals surface area contributed by atoms with Crippen LogP contribution in [0.4, 0.5) is 10.1 Å². The molecule has 0 heterocycles. The number of halogens is 3. The van der Waals surface area contributed by atoms with E-state index in [1.54, 1.807) is 30.3 Å². The zero-order valence-electron chi connectivity index (χ0n) is 14.4. The molecule has 1 amide bonds. The van der Waals surface area contributed by atoms with Crippen molar-refractivity contribution in [2.45, 2.75) is 4.90 Å². The highest BCUT2D eigenvalue weighted by molar-refractivity contribution is 8.00. The van der Waals surface area contributed by atoms with Crippen molar-refractivity contribution in [3.8, 4) is 0 Å². The fraction of sp³-hybridized carbons (Fsp3) is 0.0476. The quantitative estimate of drug-likeness (QED) is 0.363. The standard InChI is InChI=1S/C21H14Cl2FNO2S/c22-14-6-9-18(19(23)10-14)20(26)12-28-17-3-1-2-16(11-17)25-21(27)13-4-7-15(24)8-5-13/h1-11H,12H2,(H,25,27). The Kier molecular flexibility index (Phi) is 6.73. The van der Waals surface area contributed by atoms with Crippen molar-refractivity contribution >= 4 is 52.3 Å². The third kappa shape index (κ3) is 5.35. The first-order valence-corrected chi connectivity index (χ1v) is 9.94. The summed E-state index contributed by atoms with van der Waals surface area (Å²) in [5.74, 6) is -0.671. The molecule has 0 aliphatic rings. The summed E-state index contributed by atoms with van der Waals surface area (Å²) in [6, 6.07) is 17.2. The summed E-state index contributed by atoms with van der Waals surface area (Å²) in [5.41, 5.74) is 1.35. The lowest BCUT2D eigenvalue weighted by molar-refractivity contribution is 0.101. The van der Waals surface area contributed by atoms with Crippen LogP contribution in [0.5, 0.6) is 0 Å². The number of hydrogen-bond donors (Lipinski definition) is 1. The normalized spacial score (nSPS) is 10.5. The summed E-state index contributed by atoms with van der Waals surface area (Å²) >= 11 is 13.3. The van der Waals surface area contributed by atoms with Crippen LogP contribution in [0.1, 0.15) is 20.7 Å². The number of nitrogens with one attached hydrogen (secondary N) is 1. The molecule has 0 saturated heterocycles. The second-order valence-corrected chi connectivity index (χ2v) is 7.72. The van der Waals surface area contributed by atoms with E-state index in [4.69, 9.17) is 23.2 Å². The Balaban J connectivity index is 1.63. The summed E-state index contributed by atoms with van der Waals surface area (Å²) in [6.45, 7) is 0. The van der Waals surface area contributed by atoms with E-state index in [0.717, 1.165) is 4.90 Å². The number of carbonyl (C=O) groups is 2. The molecule has 0 fully saturated rings. The van der Waals surface area contributed by atoms with Gasteiger partial charge in [-0.05, 0) is 60.7 Å². The van der Waals surface area contributed by atoms with Gasteiger partial charge in [-0.1, -0.05) is 29.3 Å². The zero-order valence-corrected chi connectivity index (χ0v) is 16.7. The molecule has 0 aliphatic carbocycles. The molecule has 28 heavy (non-hydrogen) atoms. The fourth-order valence-corrected chi connectivity index (χ4v) is 3.76. The first-order valence-electron chi connectivity index (χ1n) is 8.20.